The summed E-state index contributed by atoms with van der Waals surface area (Å²) >= 11 is 0. The molecule has 0 heterocycles. The second-order valence-electron chi connectivity index (χ2n) is 4.87. The molecule has 0 aliphatic carbocycles. The maximum atomic E-state index is 11.7. The lowest BCUT2D eigenvalue weighted by atomic mass is 9.97. The van der Waals surface area contributed by atoms with Crippen LogP contribution in [0.2, 0.25) is 0 Å². The predicted octanol–water partition coefficient (Wildman–Crippen LogP) is 2.08. The number of rotatable bonds is 7. The Morgan fingerprint density at radius 3 is 2.47 bits per heavy atom. The molecule has 4 heteroatoms. The molecule has 1 aromatic rings. The molecule has 1 aromatic carbocycles. The van der Waals surface area contributed by atoms with E-state index >= 15 is 0 Å². The van der Waals surface area contributed by atoms with E-state index in [1.165, 1.54) is 0 Å². The van der Waals surface area contributed by atoms with Crippen molar-refractivity contribution in [3.63, 3.8) is 0 Å². The summed E-state index contributed by atoms with van der Waals surface area (Å²) in [7, 11) is 1.63. The van der Waals surface area contributed by atoms with Gasteiger partial charge in [0, 0.05) is 13.0 Å². The third-order valence-corrected chi connectivity index (χ3v) is 3.06. The van der Waals surface area contributed by atoms with E-state index in [1.54, 1.807) is 14.0 Å². The molecule has 0 saturated carbocycles. The standard InChI is InChI=1S/C15H23NO3/c1-11(10-15(18)16-9-8-12(2)17)13-4-6-14(19-3)7-5-13/h4-7,11-12,17H,8-10H2,1-3H3,(H,16,18). The van der Waals surface area contributed by atoms with E-state index in [2.05, 4.69) is 5.32 Å². The molecule has 1 rings (SSSR count). The van der Waals surface area contributed by atoms with Gasteiger partial charge in [0.05, 0.1) is 13.2 Å². The minimum atomic E-state index is -0.376. The molecule has 0 saturated heterocycles. The Labute approximate surface area is 114 Å². The number of amides is 1. The molecule has 0 radical (unpaired) electrons. The van der Waals surface area contributed by atoms with Crippen LogP contribution < -0.4 is 10.1 Å². The summed E-state index contributed by atoms with van der Waals surface area (Å²) in [5.74, 6) is 0.999. The van der Waals surface area contributed by atoms with Crippen molar-refractivity contribution in [2.75, 3.05) is 13.7 Å². The van der Waals surface area contributed by atoms with Gasteiger partial charge < -0.3 is 15.2 Å². The summed E-state index contributed by atoms with van der Waals surface area (Å²) in [6.07, 6.45) is 0.661. The summed E-state index contributed by atoms with van der Waals surface area (Å²) < 4.78 is 5.10. The maximum absolute atomic E-state index is 11.7. The van der Waals surface area contributed by atoms with Crippen molar-refractivity contribution in [2.24, 2.45) is 0 Å². The van der Waals surface area contributed by atoms with Crippen LogP contribution in [-0.4, -0.2) is 30.8 Å². The van der Waals surface area contributed by atoms with Gasteiger partial charge in [0.1, 0.15) is 5.75 Å². The van der Waals surface area contributed by atoms with Crippen LogP contribution in [0.4, 0.5) is 0 Å². The lowest BCUT2D eigenvalue weighted by Gasteiger charge is -2.13. The fraction of sp³-hybridized carbons (Fsp3) is 0.533. The van der Waals surface area contributed by atoms with E-state index in [-0.39, 0.29) is 17.9 Å². The zero-order valence-electron chi connectivity index (χ0n) is 11.8. The summed E-state index contributed by atoms with van der Waals surface area (Å²) in [6.45, 7) is 4.26. The van der Waals surface area contributed by atoms with E-state index in [1.807, 2.05) is 31.2 Å². The molecule has 1 amide bonds. The molecule has 19 heavy (non-hydrogen) atoms. The van der Waals surface area contributed by atoms with Crippen LogP contribution >= 0.6 is 0 Å². The molecule has 2 atom stereocenters. The highest BCUT2D eigenvalue weighted by Crippen LogP contribution is 2.21. The van der Waals surface area contributed by atoms with Gasteiger partial charge in [-0.15, -0.1) is 0 Å². The molecule has 2 unspecified atom stereocenters. The molecule has 0 spiro atoms. The first-order valence-electron chi connectivity index (χ1n) is 6.61. The summed E-state index contributed by atoms with van der Waals surface area (Å²) in [6, 6.07) is 7.76. The molecular formula is C15H23NO3. The number of carbonyl (C=O) groups is 1. The van der Waals surface area contributed by atoms with Gasteiger partial charge in [-0.05, 0) is 37.0 Å². The zero-order chi connectivity index (χ0) is 14.3. The summed E-state index contributed by atoms with van der Waals surface area (Å²) in [4.78, 5) is 11.7. The topological polar surface area (TPSA) is 58.6 Å². The number of carbonyl (C=O) groups excluding carboxylic acids is 1. The van der Waals surface area contributed by atoms with E-state index in [9.17, 15) is 4.79 Å². The molecule has 0 bridgehead atoms. The molecular weight excluding hydrogens is 242 g/mol. The lowest BCUT2D eigenvalue weighted by Crippen LogP contribution is -2.27. The third kappa shape index (κ3) is 5.75. The number of nitrogens with one attached hydrogen (secondary N) is 1. The van der Waals surface area contributed by atoms with Gasteiger partial charge in [0.15, 0.2) is 0 Å². The first-order valence-corrected chi connectivity index (χ1v) is 6.61. The van der Waals surface area contributed by atoms with Gasteiger partial charge in [0.25, 0.3) is 0 Å². The summed E-state index contributed by atoms with van der Waals surface area (Å²) in [5.41, 5.74) is 1.12. The van der Waals surface area contributed by atoms with Crippen LogP contribution in [0.25, 0.3) is 0 Å². The van der Waals surface area contributed by atoms with Crippen molar-refractivity contribution < 1.29 is 14.6 Å². The molecule has 2 N–H and O–H groups in total. The Morgan fingerprint density at radius 2 is 1.95 bits per heavy atom. The van der Waals surface area contributed by atoms with Crippen molar-refractivity contribution in [2.45, 2.75) is 38.7 Å². The second-order valence-corrected chi connectivity index (χ2v) is 4.87. The quantitative estimate of drug-likeness (QED) is 0.793. The van der Waals surface area contributed by atoms with E-state index < -0.39 is 0 Å². The Hall–Kier alpha value is -1.55. The summed E-state index contributed by atoms with van der Waals surface area (Å²) in [5, 5.41) is 11.9. The SMILES string of the molecule is COc1ccc(C(C)CC(=O)NCCC(C)O)cc1. The van der Waals surface area contributed by atoms with Gasteiger partial charge in [-0.25, -0.2) is 0 Å². The van der Waals surface area contributed by atoms with Gasteiger partial charge in [-0.1, -0.05) is 19.1 Å². The van der Waals surface area contributed by atoms with Gasteiger partial charge in [0.2, 0.25) is 5.91 Å². The molecule has 4 nitrogen and oxygen atoms in total. The molecule has 0 aliphatic heterocycles. The van der Waals surface area contributed by atoms with Crippen molar-refractivity contribution in [1.29, 1.82) is 0 Å². The minimum absolute atomic E-state index is 0.0176. The first-order chi connectivity index (χ1) is 9.02. The second kappa shape index (κ2) is 7.79. The van der Waals surface area contributed by atoms with Gasteiger partial charge in [-0.3, -0.25) is 4.79 Å². The number of hydrogen-bond acceptors (Lipinski definition) is 3. The predicted molar refractivity (Wildman–Crippen MR) is 75.3 cm³/mol. The van der Waals surface area contributed by atoms with Crippen molar-refractivity contribution in [1.82, 2.24) is 5.32 Å². The molecule has 0 aromatic heterocycles. The molecule has 0 aliphatic rings. The van der Waals surface area contributed by atoms with Crippen LogP contribution in [0.1, 0.15) is 38.2 Å². The largest absolute Gasteiger partial charge is 0.497 e. The smallest absolute Gasteiger partial charge is 0.220 e. The monoisotopic (exact) mass is 265 g/mol. The number of hydrogen-bond donors (Lipinski definition) is 2. The minimum Gasteiger partial charge on any atom is -0.497 e. The van der Waals surface area contributed by atoms with Crippen LogP contribution in [-0.2, 0) is 4.79 Å². The third-order valence-electron chi connectivity index (χ3n) is 3.06. The van der Waals surface area contributed by atoms with Crippen LogP contribution in [0.5, 0.6) is 5.75 Å². The van der Waals surface area contributed by atoms with Crippen molar-refractivity contribution in [3.05, 3.63) is 29.8 Å². The van der Waals surface area contributed by atoms with Gasteiger partial charge >= 0.3 is 0 Å². The number of aliphatic hydroxyl groups excluding tert-OH is 1. The molecule has 0 fully saturated rings. The van der Waals surface area contributed by atoms with Crippen molar-refractivity contribution in [3.8, 4) is 5.75 Å². The molecule has 106 valence electrons. The lowest BCUT2D eigenvalue weighted by molar-refractivity contribution is -0.121. The maximum Gasteiger partial charge on any atom is 0.220 e. The first kappa shape index (κ1) is 15.5. The highest BCUT2D eigenvalue weighted by molar-refractivity contribution is 5.76. The Bertz CT molecular complexity index is 387. The van der Waals surface area contributed by atoms with Gasteiger partial charge in [-0.2, -0.15) is 0 Å². The Kier molecular flexibility index (Phi) is 6.36. The zero-order valence-corrected chi connectivity index (χ0v) is 11.8. The fourth-order valence-electron chi connectivity index (χ4n) is 1.82. The Morgan fingerprint density at radius 1 is 1.32 bits per heavy atom. The van der Waals surface area contributed by atoms with Crippen LogP contribution in [0.3, 0.4) is 0 Å². The normalized spacial score (nSPS) is 13.7. The van der Waals surface area contributed by atoms with E-state index in [0.717, 1.165) is 11.3 Å². The van der Waals surface area contributed by atoms with Crippen molar-refractivity contribution >= 4 is 5.91 Å². The highest BCUT2D eigenvalue weighted by Gasteiger charge is 2.11. The number of ether oxygens (including phenoxy) is 1. The highest BCUT2D eigenvalue weighted by atomic mass is 16.5. The van der Waals surface area contributed by atoms with Crippen LogP contribution in [0.15, 0.2) is 24.3 Å². The number of methoxy groups -OCH3 is 1. The number of benzene rings is 1. The van der Waals surface area contributed by atoms with Crippen LogP contribution in [0, 0.1) is 0 Å². The Balaban J connectivity index is 2.40. The average Bonchev–Trinajstić information content (AvgIpc) is 2.38. The fourth-order valence-corrected chi connectivity index (χ4v) is 1.82. The number of aliphatic hydroxyl groups is 1. The van der Waals surface area contributed by atoms with E-state index in [4.69, 9.17) is 9.84 Å². The van der Waals surface area contributed by atoms with E-state index in [0.29, 0.717) is 19.4 Å². The average molecular weight is 265 g/mol.